The summed E-state index contributed by atoms with van der Waals surface area (Å²) in [5.41, 5.74) is 0.623. The first-order valence-electron chi connectivity index (χ1n) is 3.82. The van der Waals surface area contributed by atoms with E-state index in [-0.39, 0.29) is 4.90 Å². The second-order valence-corrected chi connectivity index (χ2v) is 5.37. The van der Waals surface area contributed by atoms with Gasteiger partial charge < -0.3 is 4.74 Å². The molecule has 0 aliphatic rings. The number of hydrogen-bond acceptors (Lipinski definition) is 2. The van der Waals surface area contributed by atoms with Gasteiger partial charge in [-0.1, -0.05) is 0 Å². The van der Waals surface area contributed by atoms with Crippen LogP contribution in [-0.2, 0) is 9.81 Å². The zero-order valence-electron chi connectivity index (χ0n) is 7.93. The van der Waals surface area contributed by atoms with E-state index >= 15 is 0 Å². The fourth-order valence-electron chi connectivity index (χ4n) is 1.09. The second kappa shape index (κ2) is 3.03. The van der Waals surface area contributed by atoms with Crippen molar-refractivity contribution in [3.05, 3.63) is 23.8 Å². The first kappa shape index (κ1) is 11.1. The van der Waals surface area contributed by atoms with E-state index in [4.69, 9.17) is 19.0 Å². The quantitative estimate of drug-likeness (QED) is 0.691. The van der Waals surface area contributed by atoms with E-state index < -0.39 is 9.81 Å². The van der Waals surface area contributed by atoms with E-state index in [0.717, 1.165) is 0 Å². The predicted octanol–water partition coefficient (Wildman–Crippen LogP) is 1.00. The summed E-state index contributed by atoms with van der Waals surface area (Å²) in [5, 5.41) is 4.88. The minimum atomic E-state index is -5.13. The molecule has 0 radical (unpaired) electrons. The van der Waals surface area contributed by atoms with Gasteiger partial charge in [-0.25, -0.2) is 9.35 Å². The van der Waals surface area contributed by atoms with Crippen molar-refractivity contribution in [3.63, 3.8) is 0 Å². The predicted molar refractivity (Wildman–Crippen MR) is 53.6 cm³/mol. The molecule has 0 unspecified atom stereocenters. The van der Waals surface area contributed by atoms with E-state index in [0.29, 0.717) is 11.3 Å². The Balaban J connectivity index is 3.30. The number of aryl methyl sites for hydroxylation is 1. The van der Waals surface area contributed by atoms with Gasteiger partial charge in [-0.2, -0.15) is 0 Å². The van der Waals surface area contributed by atoms with Crippen molar-refractivity contribution in [1.82, 2.24) is 0 Å². The maximum absolute atomic E-state index is 11.2. The Morgan fingerprint density at radius 1 is 1.43 bits per heavy atom. The molecule has 1 aromatic carbocycles. The highest BCUT2D eigenvalue weighted by atomic mass is 32.3. The second-order valence-electron chi connectivity index (χ2n) is 3.05. The summed E-state index contributed by atoms with van der Waals surface area (Å²) in [6, 6.07) is 4.03. The third-order valence-electron chi connectivity index (χ3n) is 1.81. The van der Waals surface area contributed by atoms with Gasteiger partial charge in [0.25, 0.3) is 0 Å². The van der Waals surface area contributed by atoms with Crippen LogP contribution in [0.5, 0.6) is 5.75 Å². The molecule has 1 aromatic rings. The summed E-state index contributed by atoms with van der Waals surface area (Å²) in [7, 11) is -3.64. The molecule has 0 heterocycles. The summed E-state index contributed by atoms with van der Waals surface area (Å²) in [4.78, 5) is -0.222. The molecule has 0 bridgehead atoms. The Hall–Kier alpha value is -0.950. The lowest BCUT2D eigenvalue weighted by Gasteiger charge is -2.25. The normalized spacial score (nSPS) is 14.5. The molecule has 1 rings (SSSR count). The minimum absolute atomic E-state index is 0.222. The fraction of sp³-hybridized carbons (Fsp3) is 0.250. The van der Waals surface area contributed by atoms with Crippen molar-refractivity contribution in [1.29, 1.82) is 0 Å². The molecular weight excluding hydrogens is 206 g/mol. The monoisotopic (exact) mass is 219 g/mol. The van der Waals surface area contributed by atoms with Crippen LogP contribution in [0.4, 0.5) is 0 Å². The van der Waals surface area contributed by atoms with Gasteiger partial charge in [0.2, 0.25) is 0 Å². The molecule has 14 heavy (non-hydrogen) atoms. The summed E-state index contributed by atoms with van der Waals surface area (Å²) in [6.45, 7) is 1.68. The van der Waals surface area contributed by atoms with E-state index in [9.17, 15) is 4.21 Å². The largest absolute Gasteiger partial charge is 0.496 e. The van der Waals surface area contributed by atoms with Gasteiger partial charge >= 0.3 is 0 Å². The van der Waals surface area contributed by atoms with Crippen LogP contribution in [0.1, 0.15) is 5.56 Å². The Morgan fingerprint density at radius 2 is 2.00 bits per heavy atom. The zero-order chi connectivity index (χ0) is 11.0. The average Bonchev–Trinajstić information content (AvgIpc) is 2.01. The summed E-state index contributed by atoms with van der Waals surface area (Å²) < 4.78 is 34.3. The molecule has 5 nitrogen and oxygen atoms in total. The van der Waals surface area contributed by atoms with Crippen LogP contribution in [0, 0.1) is 6.92 Å². The maximum Gasteiger partial charge on any atom is 0.162 e. The van der Waals surface area contributed by atoms with E-state index in [1.807, 2.05) is 0 Å². The van der Waals surface area contributed by atoms with Crippen LogP contribution in [0.3, 0.4) is 0 Å². The Kier molecular flexibility index (Phi) is 2.41. The van der Waals surface area contributed by atoms with Crippen LogP contribution in [0.25, 0.3) is 0 Å². The van der Waals surface area contributed by atoms with Gasteiger partial charge in [0.05, 0.1) is 12.0 Å². The summed E-state index contributed by atoms with van der Waals surface area (Å²) >= 11 is 0. The lowest BCUT2D eigenvalue weighted by atomic mass is 10.2. The van der Waals surface area contributed by atoms with E-state index in [1.165, 1.54) is 25.3 Å². The number of benzene rings is 1. The minimum Gasteiger partial charge on any atom is -0.496 e. The third kappa shape index (κ3) is 2.30. The topological polar surface area (TPSA) is 92.8 Å². The van der Waals surface area contributed by atoms with Crippen molar-refractivity contribution < 1.29 is 18.1 Å². The van der Waals surface area contributed by atoms with Crippen LogP contribution in [0.2, 0.25) is 0 Å². The van der Waals surface area contributed by atoms with E-state index in [2.05, 4.69) is 0 Å². The standard InChI is InChI=1S/C8H13NO4S/c1-6-5-7(14(9,10,11)12)3-4-8(6)13-2/h3-5H,1-2H3,(H4,9,10,11,12). The lowest BCUT2D eigenvalue weighted by Crippen LogP contribution is -2.41. The number of methoxy groups -OCH3 is 1. The van der Waals surface area contributed by atoms with Crippen LogP contribution < -0.4 is 9.88 Å². The first-order chi connectivity index (χ1) is 6.21. The van der Waals surface area contributed by atoms with Crippen molar-refractivity contribution in [2.24, 2.45) is 5.14 Å². The molecule has 0 spiro atoms. The van der Waals surface area contributed by atoms with Crippen molar-refractivity contribution in [2.45, 2.75) is 11.8 Å². The summed E-state index contributed by atoms with van der Waals surface area (Å²) in [6.07, 6.45) is 0. The van der Waals surface area contributed by atoms with Gasteiger partial charge in [0.15, 0.2) is 9.81 Å². The smallest absolute Gasteiger partial charge is 0.162 e. The first-order valence-corrected chi connectivity index (χ1v) is 5.77. The van der Waals surface area contributed by atoms with Crippen LogP contribution in [0.15, 0.2) is 23.1 Å². The molecular formula is C8H13NO4S. The van der Waals surface area contributed by atoms with E-state index in [1.54, 1.807) is 6.92 Å². The Labute approximate surface area is 82.1 Å². The summed E-state index contributed by atoms with van der Waals surface area (Å²) in [5.74, 6) is 0.560. The average molecular weight is 219 g/mol. The number of ether oxygens (including phenoxy) is 1. The Bertz CT molecular complexity index is 412. The molecule has 0 saturated carbocycles. The lowest BCUT2D eigenvalue weighted by molar-refractivity contribution is 0.390. The third-order valence-corrected chi connectivity index (χ3v) is 2.95. The van der Waals surface area contributed by atoms with Gasteiger partial charge in [-0.3, -0.25) is 9.11 Å². The molecule has 6 heteroatoms. The highest BCUT2D eigenvalue weighted by Gasteiger charge is 2.26. The molecule has 0 aliphatic heterocycles. The molecule has 80 valence electrons. The van der Waals surface area contributed by atoms with Crippen molar-refractivity contribution >= 4 is 9.81 Å². The molecule has 0 amide bonds. The molecule has 0 saturated heterocycles. The molecule has 0 aliphatic carbocycles. The molecule has 0 fully saturated rings. The fourth-order valence-corrected chi connectivity index (χ4v) is 1.81. The zero-order valence-corrected chi connectivity index (χ0v) is 8.75. The van der Waals surface area contributed by atoms with Crippen LogP contribution >= 0.6 is 0 Å². The van der Waals surface area contributed by atoms with Crippen LogP contribution in [-0.4, -0.2) is 20.4 Å². The number of hydrogen-bond donors (Lipinski definition) is 3. The highest BCUT2D eigenvalue weighted by Crippen LogP contribution is 2.27. The van der Waals surface area contributed by atoms with Gasteiger partial charge in [0, 0.05) is 0 Å². The molecule has 4 N–H and O–H groups in total. The Morgan fingerprint density at radius 3 is 2.36 bits per heavy atom. The van der Waals surface area contributed by atoms with Gasteiger partial charge in [-0.05, 0) is 30.7 Å². The SMILES string of the molecule is COc1ccc(S(N)(=O)(O)O)cc1C. The van der Waals surface area contributed by atoms with Gasteiger partial charge in [-0.15, -0.1) is 0 Å². The highest BCUT2D eigenvalue weighted by molar-refractivity contribution is 8.08. The number of nitrogens with two attached hydrogens (primary N) is 1. The van der Waals surface area contributed by atoms with Gasteiger partial charge in [0.1, 0.15) is 5.75 Å². The number of rotatable bonds is 2. The maximum atomic E-state index is 11.2. The van der Waals surface area contributed by atoms with Crippen molar-refractivity contribution in [3.8, 4) is 5.75 Å². The van der Waals surface area contributed by atoms with Crippen molar-refractivity contribution in [2.75, 3.05) is 7.11 Å². The molecule has 0 aromatic heterocycles. The molecule has 0 atom stereocenters.